The Bertz CT molecular complexity index is 363. The van der Waals surface area contributed by atoms with Crippen molar-refractivity contribution in [1.82, 2.24) is 0 Å². The van der Waals surface area contributed by atoms with E-state index in [-0.39, 0.29) is 23.0 Å². The van der Waals surface area contributed by atoms with Crippen molar-refractivity contribution in [2.75, 3.05) is 0 Å². The van der Waals surface area contributed by atoms with Crippen LogP contribution in [0.1, 0.15) is 80.1 Å². The molecular formula is C19H34O3. The lowest BCUT2D eigenvalue weighted by Crippen LogP contribution is -2.37. The third-order valence-corrected chi connectivity index (χ3v) is 5.22. The Kier molecular flexibility index (Phi) is 5.13. The van der Waals surface area contributed by atoms with Crippen molar-refractivity contribution in [3.63, 3.8) is 0 Å². The molecule has 3 nitrogen and oxygen atoms in total. The Labute approximate surface area is 136 Å². The Balaban J connectivity index is 1.85. The van der Waals surface area contributed by atoms with Gasteiger partial charge in [-0.25, -0.2) is 4.79 Å². The van der Waals surface area contributed by atoms with Gasteiger partial charge in [-0.05, 0) is 61.2 Å². The molecule has 2 saturated carbocycles. The predicted molar refractivity (Wildman–Crippen MR) is 88.7 cm³/mol. The summed E-state index contributed by atoms with van der Waals surface area (Å²) < 4.78 is 11.3. The van der Waals surface area contributed by atoms with Crippen molar-refractivity contribution >= 4 is 6.16 Å². The average molecular weight is 310 g/mol. The largest absolute Gasteiger partial charge is 0.508 e. The molecule has 0 radical (unpaired) electrons. The van der Waals surface area contributed by atoms with E-state index >= 15 is 0 Å². The molecule has 4 atom stereocenters. The average Bonchev–Trinajstić information content (AvgIpc) is 2.21. The molecule has 0 aromatic carbocycles. The second-order valence-corrected chi connectivity index (χ2v) is 9.56. The highest BCUT2D eigenvalue weighted by molar-refractivity contribution is 5.60. The van der Waals surface area contributed by atoms with E-state index in [9.17, 15) is 4.79 Å². The van der Waals surface area contributed by atoms with Crippen molar-refractivity contribution in [3.8, 4) is 0 Å². The summed E-state index contributed by atoms with van der Waals surface area (Å²) in [6.07, 6.45) is 5.80. The molecule has 0 spiro atoms. The topological polar surface area (TPSA) is 35.5 Å². The summed E-state index contributed by atoms with van der Waals surface area (Å²) in [4.78, 5) is 12.2. The zero-order chi connectivity index (χ0) is 16.5. The molecule has 22 heavy (non-hydrogen) atoms. The molecule has 0 unspecified atom stereocenters. The number of rotatable bonds is 2. The lowest BCUT2D eigenvalue weighted by Gasteiger charge is -2.40. The lowest BCUT2D eigenvalue weighted by molar-refractivity contribution is -0.0548. The van der Waals surface area contributed by atoms with Gasteiger partial charge in [0.2, 0.25) is 0 Å². The third kappa shape index (κ3) is 5.17. The van der Waals surface area contributed by atoms with Crippen LogP contribution >= 0.6 is 0 Å². The van der Waals surface area contributed by atoms with Gasteiger partial charge >= 0.3 is 6.16 Å². The molecule has 2 rings (SSSR count). The van der Waals surface area contributed by atoms with Crippen molar-refractivity contribution in [3.05, 3.63) is 0 Å². The maximum Gasteiger partial charge on any atom is 0.508 e. The van der Waals surface area contributed by atoms with Gasteiger partial charge in [-0.1, -0.05) is 41.5 Å². The van der Waals surface area contributed by atoms with Gasteiger partial charge in [-0.15, -0.1) is 0 Å². The van der Waals surface area contributed by atoms with Gasteiger partial charge in [0.1, 0.15) is 12.2 Å². The Morgan fingerprint density at radius 1 is 0.773 bits per heavy atom. The van der Waals surface area contributed by atoms with E-state index in [0.29, 0.717) is 11.8 Å². The van der Waals surface area contributed by atoms with Crippen molar-refractivity contribution < 1.29 is 14.3 Å². The minimum atomic E-state index is -0.454. The Hall–Kier alpha value is -0.730. The highest BCUT2D eigenvalue weighted by atomic mass is 16.7. The maximum atomic E-state index is 12.2. The molecular weight excluding hydrogens is 276 g/mol. The normalized spacial score (nSPS) is 37.4. The maximum absolute atomic E-state index is 12.2. The van der Waals surface area contributed by atoms with Crippen LogP contribution in [0.5, 0.6) is 0 Å². The van der Waals surface area contributed by atoms with E-state index in [0.717, 1.165) is 25.7 Å². The fourth-order valence-electron chi connectivity index (χ4n) is 5.00. The second kappa shape index (κ2) is 6.41. The van der Waals surface area contributed by atoms with E-state index in [1.807, 2.05) is 0 Å². The van der Waals surface area contributed by atoms with Crippen molar-refractivity contribution in [2.24, 2.45) is 22.7 Å². The molecule has 0 N–H and O–H groups in total. The summed E-state index contributed by atoms with van der Waals surface area (Å²) in [5, 5.41) is 0. The minimum Gasteiger partial charge on any atom is -0.431 e. The quantitative estimate of drug-likeness (QED) is 0.625. The van der Waals surface area contributed by atoms with Gasteiger partial charge in [-0.2, -0.15) is 0 Å². The molecule has 3 heteroatoms. The SMILES string of the molecule is C[C@@H]1C[C@H](OC(=O)O[C@H]2C[C@@H](C)CC(C)(C)C2)CC(C)(C)C1. The fourth-order valence-corrected chi connectivity index (χ4v) is 5.00. The molecule has 0 bridgehead atoms. The number of ether oxygens (including phenoxy) is 2. The molecule has 2 aliphatic rings. The van der Waals surface area contributed by atoms with Crippen LogP contribution in [0.15, 0.2) is 0 Å². The summed E-state index contributed by atoms with van der Waals surface area (Å²) in [6, 6.07) is 0. The van der Waals surface area contributed by atoms with Gasteiger partial charge in [0, 0.05) is 0 Å². The van der Waals surface area contributed by atoms with Crippen LogP contribution in [-0.2, 0) is 9.47 Å². The molecule has 0 aromatic rings. The third-order valence-electron chi connectivity index (χ3n) is 5.22. The smallest absolute Gasteiger partial charge is 0.431 e. The van der Waals surface area contributed by atoms with Crippen LogP contribution in [0.3, 0.4) is 0 Å². The minimum absolute atomic E-state index is 0.0141. The van der Waals surface area contributed by atoms with Gasteiger partial charge in [0.25, 0.3) is 0 Å². The van der Waals surface area contributed by atoms with Crippen LogP contribution in [0.4, 0.5) is 4.79 Å². The molecule has 128 valence electrons. The van der Waals surface area contributed by atoms with E-state index < -0.39 is 6.16 Å². The molecule has 2 fully saturated rings. The summed E-state index contributed by atoms with van der Waals surface area (Å²) in [6.45, 7) is 13.5. The molecule has 2 aliphatic carbocycles. The summed E-state index contributed by atoms with van der Waals surface area (Å²) in [7, 11) is 0. The van der Waals surface area contributed by atoms with E-state index in [1.54, 1.807) is 0 Å². The predicted octanol–water partition coefficient (Wildman–Crippen LogP) is 5.57. The highest BCUT2D eigenvalue weighted by Crippen LogP contribution is 2.41. The van der Waals surface area contributed by atoms with Gasteiger partial charge in [-0.3, -0.25) is 0 Å². The van der Waals surface area contributed by atoms with Crippen LogP contribution < -0.4 is 0 Å². The number of carbonyl (C=O) groups excluding carboxylic acids is 1. The van der Waals surface area contributed by atoms with E-state index in [1.165, 1.54) is 12.8 Å². The van der Waals surface area contributed by atoms with E-state index in [4.69, 9.17) is 9.47 Å². The first-order chi connectivity index (χ1) is 10.0. The van der Waals surface area contributed by atoms with Crippen LogP contribution in [0, 0.1) is 22.7 Å². The summed E-state index contributed by atoms with van der Waals surface area (Å²) >= 11 is 0. The van der Waals surface area contributed by atoms with Crippen LogP contribution in [-0.4, -0.2) is 18.4 Å². The first kappa shape index (κ1) is 17.6. The molecule has 0 saturated heterocycles. The Morgan fingerprint density at radius 2 is 1.14 bits per heavy atom. The fraction of sp³-hybridized carbons (Fsp3) is 0.947. The first-order valence-corrected chi connectivity index (χ1v) is 8.92. The second-order valence-electron chi connectivity index (χ2n) is 9.56. The number of carbonyl (C=O) groups is 1. The van der Waals surface area contributed by atoms with Gasteiger partial charge in [0.15, 0.2) is 0 Å². The zero-order valence-corrected chi connectivity index (χ0v) is 15.3. The molecule has 0 aromatic heterocycles. The molecule has 0 amide bonds. The zero-order valence-electron chi connectivity index (χ0n) is 15.3. The van der Waals surface area contributed by atoms with Crippen LogP contribution in [0.2, 0.25) is 0 Å². The van der Waals surface area contributed by atoms with Gasteiger partial charge < -0.3 is 9.47 Å². The lowest BCUT2D eigenvalue weighted by atomic mass is 9.71. The summed E-state index contributed by atoms with van der Waals surface area (Å²) in [5.74, 6) is 1.21. The van der Waals surface area contributed by atoms with Crippen LogP contribution in [0.25, 0.3) is 0 Å². The Morgan fingerprint density at radius 3 is 1.45 bits per heavy atom. The molecule has 0 heterocycles. The summed E-state index contributed by atoms with van der Waals surface area (Å²) in [5.41, 5.74) is 0.508. The van der Waals surface area contributed by atoms with Crippen molar-refractivity contribution in [1.29, 1.82) is 0 Å². The monoisotopic (exact) mass is 310 g/mol. The molecule has 0 aliphatic heterocycles. The highest BCUT2D eigenvalue weighted by Gasteiger charge is 2.37. The number of hydrogen-bond donors (Lipinski definition) is 0. The van der Waals surface area contributed by atoms with Gasteiger partial charge in [0.05, 0.1) is 0 Å². The first-order valence-electron chi connectivity index (χ1n) is 8.92. The number of hydrogen-bond acceptors (Lipinski definition) is 3. The standard InChI is InChI=1S/C19H34O3/c1-13-7-15(11-18(3,4)9-13)21-17(20)22-16-8-14(2)10-19(5,6)12-16/h13-16H,7-12H2,1-6H3/t13-,14-,15+,16+/m1/s1. The van der Waals surface area contributed by atoms with E-state index in [2.05, 4.69) is 41.5 Å². The van der Waals surface area contributed by atoms with Crippen molar-refractivity contribution in [2.45, 2.75) is 92.3 Å².